The smallest absolute Gasteiger partial charge is 1.00 e. The molecular formula is C10H24Br2CuN4. The Morgan fingerprint density at radius 2 is 0.647 bits per heavy atom. The van der Waals surface area contributed by atoms with Gasteiger partial charge in [-0.25, -0.2) is 0 Å². The first kappa shape index (κ1) is 23.4. The molecule has 0 bridgehead atoms. The fourth-order valence-electron chi connectivity index (χ4n) is 1.53. The Kier molecular flexibility index (Phi) is 27.1. The quantitative estimate of drug-likeness (QED) is 0.293. The molecular weight excluding hydrogens is 399 g/mol. The van der Waals surface area contributed by atoms with E-state index < -0.39 is 0 Å². The second kappa shape index (κ2) is 19.7. The molecule has 109 valence electrons. The Morgan fingerprint density at radius 1 is 0.412 bits per heavy atom. The molecule has 4 N–H and O–H groups in total. The van der Waals surface area contributed by atoms with E-state index >= 15 is 0 Å². The van der Waals surface area contributed by atoms with Crippen molar-refractivity contribution < 1.29 is 51.0 Å². The van der Waals surface area contributed by atoms with Crippen LogP contribution in [0.5, 0.6) is 0 Å². The van der Waals surface area contributed by atoms with E-state index in [1.807, 2.05) is 0 Å². The van der Waals surface area contributed by atoms with E-state index in [9.17, 15) is 0 Å². The number of hydrogen-bond donors (Lipinski definition) is 4. The zero-order valence-corrected chi connectivity index (χ0v) is 14.2. The van der Waals surface area contributed by atoms with Gasteiger partial charge in [0, 0.05) is 26.2 Å². The van der Waals surface area contributed by atoms with Crippen molar-refractivity contribution in [2.24, 2.45) is 0 Å². The van der Waals surface area contributed by atoms with Crippen LogP contribution in [0.1, 0.15) is 12.8 Å². The van der Waals surface area contributed by atoms with Crippen LogP contribution in [0.25, 0.3) is 0 Å². The fraction of sp³-hybridized carbons (Fsp3) is 1.00. The zero-order chi connectivity index (χ0) is 9.90. The van der Waals surface area contributed by atoms with E-state index in [0.717, 1.165) is 52.4 Å². The summed E-state index contributed by atoms with van der Waals surface area (Å²) in [6, 6.07) is 0. The van der Waals surface area contributed by atoms with Crippen molar-refractivity contribution >= 4 is 0 Å². The summed E-state index contributed by atoms with van der Waals surface area (Å²) in [6.07, 6.45) is 2.44. The summed E-state index contributed by atoms with van der Waals surface area (Å²) < 4.78 is 0. The first-order valence-corrected chi connectivity index (χ1v) is 5.83. The van der Waals surface area contributed by atoms with Crippen molar-refractivity contribution in [3.05, 3.63) is 0 Å². The molecule has 0 atom stereocenters. The SMILES string of the molecule is C1CNCCNCCCNCCNC1.[Br-].[Br-].[Cu+2]. The van der Waals surface area contributed by atoms with Crippen molar-refractivity contribution in [3.63, 3.8) is 0 Å². The van der Waals surface area contributed by atoms with Gasteiger partial charge in [-0.15, -0.1) is 0 Å². The molecule has 0 saturated carbocycles. The van der Waals surface area contributed by atoms with Gasteiger partial charge < -0.3 is 55.2 Å². The first-order chi connectivity index (χ1) is 7.00. The molecule has 1 heterocycles. The van der Waals surface area contributed by atoms with Gasteiger partial charge in [-0.1, -0.05) is 0 Å². The largest absolute Gasteiger partial charge is 2.00 e. The molecule has 7 heteroatoms. The average molecular weight is 424 g/mol. The number of halogens is 2. The molecule has 0 amide bonds. The summed E-state index contributed by atoms with van der Waals surface area (Å²) in [6.45, 7) is 8.87. The maximum absolute atomic E-state index is 3.42. The van der Waals surface area contributed by atoms with Crippen LogP contribution in [0, 0.1) is 0 Å². The molecule has 17 heavy (non-hydrogen) atoms. The van der Waals surface area contributed by atoms with Crippen LogP contribution in [0.15, 0.2) is 0 Å². The van der Waals surface area contributed by atoms with E-state index in [1.54, 1.807) is 0 Å². The monoisotopic (exact) mass is 421 g/mol. The third-order valence-corrected chi connectivity index (χ3v) is 2.37. The summed E-state index contributed by atoms with van der Waals surface area (Å²) in [5.41, 5.74) is 0. The molecule has 0 spiro atoms. The van der Waals surface area contributed by atoms with Gasteiger partial charge in [0.25, 0.3) is 0 Å². The standard InChI is InChI=1S/C10H24N4.2BrH.Cu/c1-3-11-7-9-13-5-2-6-14-10-8-12-4-1;;;/h11-14H,1-10H2;2*1H;/q;;;+2/p-2. The number of hydrogen-bond acceptors (Lipinski definition) is 4. The predicted molar refractivity (Wildman–Crippen MR) is 60.7 cm³/mol. The summed E-state index contributed by atoms with van der Waals surface area (Å²) in [7, 11) is 0. The van der Waals surface area contributed by atoms with E-state index in [4.69, 9.17) is 0 Å². The van der Waals surface area contributed by atoms with Gasteiger partial charge in [0.2, 0.25) is 0 Å². The van der Waals surface area contributed by atoms with Gasteiger partial charge in [0.1, 0.15) is 0 Å². The number of rotatable bonds is 0. The summed E-state index contributed by atoms with van der Waals surface area (Å²) in [4.78, 5) is 0. The summed E-state index contributed by atoms with van der Waals surface area (Å²) in [5.74, 6) is 0. The van der Waals surface area contributed by atoms with Crippen LogP contribution in [-0.4, -0.2) is 52.4 Å². The van der Waals surface area contributed by atoms with Crippen LogP contribution in [0.4, 0.5) is 0 Å². The van der Waals surface area contributed by atoms with Crippen molar-refractivity contribution in [1.82, 2.24) is 21.3 Å². The Labute approximate surface area is 137 Å². The van der Waals surface area contributed by atoms with Crippen LogP contribution in [0.3, 0.4) is 0 Å². The normalized spacial score (nSPS) is 19.8. The molecule has 1 rings (SSSR count). The van der Waals surface area contributed by atoms with Crippen molar-refractivity contribution in [1.29, 1.82) is 0 Å². The Bertz CT molecular complexity index is 79.6. The van der Waals surface area contributed by atoms with Crippen LogP contribution >= 0.6 is 0 Å². The summed E-state index contributed by atoms with van der Waals surface area (Å²) >= 11 is 0. The van der Waals surface area contributed by atoms with E-state index in [-0.39, 0.29) is 51.0 Å². The number of nitrogens with one attached hydrogen (secondary N) is 4. The molecule has 1 fully saturated rings. The molecule has 0 aromatic heterocycles. The van der Waals surface area contributed by atoms with E-state index in [2.05, 4.69) is 21.3 Å². The average Bonchev–Trinajstić information content (AvgIpc) is 2.22. The molecule has 1 saturated heterocycles. The molecule has 4 nitrogen and oxygen atoms in total. The topological polar surface area (TPSA) is 48.1 Å². The molecule has 0 unspecified atom stereocenters. The van der Waals surface area contributed by atoms with Crippen molar-refractivity contribution in [3.8, 4) is 0 Å². The van der Waals surface area contributed by atoms with Crippen LogP contribution in [-0.2, 0) is 17.1 Å². The zero-order valence-electron chi connectivity index (χ0n) is 10.1. The molecule has 0 aliphatic carbocycles. The van der Waals surface area contributed by atoms with Crippen molar-refractivity contribution in [2.45, 2.75) is 12.8 Å². The minimum absolute atomic E-state index is 0. The van der Waals surface area contributed by atoms with Gasteiger partial charge in [-0.05, 0) is 39.0 Å². The minimum atomic E-state index is 0. The van der Waals surface area contributed by atoms with Gasteiger partial charge >= 0.3 is 17.1 Å². The second-order valence-electron chi connectivity index (χ2n) is 3.71. The van der Waals surface area contributed by atoms with E-state index in [1.165, 1.54) is 12.8 Å². The maximum Gasteiger partial charge on any atom is 2.00 e. The van der Waals surface area contributed by atoms with Gasteiger partial charge in [-0.2, -0.15) is 0 Å². The van der Waals surface area contributed by atoms with E-state index in [0.29, 0.717) is 0 Å². The molecule has 0 aromatic carbocycles. The van der Waals surface area contributed by atoms with Crippen LogP contribution in [0.2, 0.25) is 0 Å². The first-order valence-electron chi connectivity index (χ1n) is 5.83. The molecule has 1 aliphatic rings. The maximum atomic E-state index is 3.42. The van der Waals surface area contributed by atoms with Gasteiger partial charge in [-0.3, -0.25) is 0 Å². The third kappa shape index (κ3) is 17.3. The Hall–Kier alpha value is 1.32. The molecule has 0 aromatic rings. The third-order valence-electron chi connectivity index (χ3n) is 2.37. The molecule has 1 radical (unpaired) electrons. The second-order valence-corrected chi connectivity index (χ2v) is 3.71. The Morgan fingerprint density at radius 3 is 0.882 bits per heavy atom. The predicted octanol–water partition coefficient (Wildman–Crippen LogP) is -6.86. The van der Waals surface area contributed by atoms with Gasteiger partial charge in [0.15, 0.2) is 0 Å². The fourth-order valence-corrected chi connectivity index (χ4v) is 1.53. The van der Waals surface area contributed by atoms with Gasteiger partial charge in [0.05, 0.1) is 0 Å². The van der Waals surface area contributed by atoms with Crippen molar-refractivity contribution in [2.75, 3.05) is 52.4 Å². The van der Waals surface area contributed by atoms with Crippen LogP contribution < -0.4 is 55.2 Å². The Balaban J connectivity index is -0.000000653. The molecule has 1 aliphatic heterocycles. The summed E-state index contributed by atoms with van der Waals surface area (Å²) in [5, 5.41) is 13.7. The minimum Gasteiger partial charge on any atom is -1.00 e.